The van der Waals surface area contributed by atoms with E-state index >= 15 is 0 Å². The van der Waals surface area contributed by atoms with Gasteiger partial charge in [0.1, 0.15) is 0 Å². The van der Waals surface area contributed by atoms with Crippen LogP contribution in [0.4, 0.5) is 0 Å². The van der Waals surface area contributed by atoms with Gasteiger partial charge in [-0.25, -0.2) is 4.79 Å². The van der Waals surface area contributed by atoms with E-state index in [-0.39, 0.29) is 5.97 Å². The van der Waals surface area contributed by atoms with Gasteiger partial charge in [-0.15, -0.1) is 0 Å². The van der Waals surface area contributed by atoms with E-state index in [1.54, 1.807) is 6.08 Å². The first kappa shape index (κ1) is 11.2. The molecule has 0 saturated heterocycles. The summed E-state index contributed by atoms with van der Waals surface area (Å²) in [5.41, 5.74) is 2.08. The summed E-state index contributed by atoms with van der Waals surface area (Å²) >= 11 is 0. The molecule has 1 aromatic carbocycles. The van der Waals surface area contributed by atoms with Crippen LogP contribution in [0.25, 0.3) is 12.2 Å². The van der Waals surface area contributed by atoms with E-state index in [9.17, 15) is 4.79 Å². The lowest BCUT2D eigenvalue weighted by Gasteiger charge is -1.99. The summed E-state index contributed by atoms with van der Waals surface area (Å²) in [6.07, 6.45) is 7.13. The standard InChI is InChI=1S/C13H14O2/c1-3-6-11-7-4-5-8-12(11)9-10-13(14)15-2/h3-10H,1-2H3. The number of benzene rings is 1. The predicted molar refractivity (Wildman–Crippen MR) is 62.2 cm³/mol. The summed E-state index contributed by atoms with van der Waals surface area (Å²) in [6, 6.07) is 7.85. The highest BCUT2D eigenvalue weighted by molar-refractivity contribution is 5.87. The zero-order valence-corrected chi connectivity index (χ0v) is 8.94. The molecule has 1 aromatic rings. The van der Waals surface area contributed by atoms with Gasteiger partial charge in [0.2, 0.25) is 0 Å². The van der Waals surface area contributed by atoms with Crippen LogP contribution in [0, 0.1) is 0 Å². The highest BCUT2D eigenvalue weighted by Crippen LogP contribution is 2.12. The Hall–Kier alpha value is -1.83. The second-order valence-electron chi connectivity index (χ2n) is 2.99. The molecule has 0 spiro atoms. The van der Waals surface area contributed by atoms with Crippen molar-refractivity contribution in [2.75, 3.05) is 7.11 Å². The number of ether oxygens (including phenoxy) is 1. The third kappa shape index (κ3) is 3.43. The van der Waals surface area contributed by atoms with E-state index in [1.165, 1.54) is 13.2 Å². The fourth-order valence-electron chi connectivity index (χ4n) is 1.22. The summed E-state index contributed by atoms with van der Waals surface area (Å²) in [6.45, 7) is 1.96. The molecule has 2 heteroatoms. The smallest absolute Gasteiger partial charge is 0.330 e. The Morgan fingerprint density at radius 3 is 2.33 bits per heavy atom. The molecule has 0 amide bonds. The Kier molecular flexibility index (Phi) is 4.35. The maximum Gasteiger partial charge on any atom is 0.330 e. The monoisotopic (exact) mass is 202 g/mol. The van der Waals surface area contributed by atoms with Crippen molar-refractivity contribution in [2.24, 2.45) is 0 Å². The van der Waals surface area contributed by atoms with E-state index in [0.717, 1.165) is 11.1 Å². The summed E-state index contributed by atoms with van der Waals surface area (Å²) in [5.74, 6) is -0.342. The molecule has 0 aromatic heterocycles. The molecule has 0 saturated carbocycles. The number of rotatable bonds is 3. The average Bonchev–Trinajstić information content (AvgIpc) is 2.28. The van der Waals surface area contributed by atoms with E-state index in [0.29, 0.717) is 0 Å². The molecule has 0 fully saturated rings. The van der Waals surface area contributed by atoms with Gasteiger partial charge < -0.3 is 4.74 Å². The van der Waals surface area contributed by atoms with Crippen molar-refractivity contribution in [2.45, 2.75) is 6.92 Å². The van der Waals surface area contributed by atoms with Gasteiger partial charge in [-0.1, -0.05) is 36.4 Å². The molecule has 0 aliphatic carbocycles. The van der Waals surface area contributed by atoms with E-state index in [4.69, 9.17) is 0 Å². The molecule has 0 heterocycles. The van der Waals surface area contributed by atoms with Crippen LogP contribution < -0.4 is 0 Å². The predicted octanol–water partition coefficient (Wildman–Crippen LogP) is 2.91. The van der Waals surface area contributed by atoms with Crippen molar-refractivity contribution in [3.05, 3.63) is 47.5 Å². The molecular weight excluding hydrogens is 188 g/mol. The maximum atomic E-state index is 10.9. The van der Waals surface area contributed by atoms with Gasteiger partial charge >= 0.3 is 5.97 Å². The SMILES string of the molecule is CC=Cc1ccccc1C=CC(=O)OC. The third-order valence-corrected chi connectivity index (χ3v) is 1.94. The van der Waals surface area contributed by atoms with Gasteiger partial charge in [-0.3, -0.25) is 0 Å². The first-order valence-electron chi connectivity index (χ1n) is 4.75. The Morgan fingerprint density at radius 1 is 1.20 bits per heavy atom. The maximum absolute atomic E-state index is 10.9. The Morgan fingerprint density at radius 2 is 1.80 bits per heavy atom. The second-order valence-corrected chi connectivity index (χ2v) is 2.99. The van der Waals surface area contributed by atoms with Gasteiger partial charge in [0, 0.05) is 6.08 Å². The zero-order chi connectivity index (χ0) is 11.1. The fraction of sp³-hybridized carbons (Fsp3) is 0.154. The van der Waals surface area contributed by atoms with Crippen molar-refractivity contribution in [3.8, 4) is 0 Å². The topological polar surface area (TPSA) is 26.3 Å². The largest absolute Gasteiger partial charge is 0.466 e. The van der Waals surface area contributed by atoms with Crippen LogP contribution in [0.15, 0.2) is 36.4 Å². The van der Waals surface area contributed by atoms with Crippen molar-refractivity contribution in [3.63, 3.8) is 0 Å². The minimum atomic E-state index is -0.342. The highest BCUT2D eigenvalue weighted by atomic mass is 16.5. The summed E-state index contributed by atoms with van der Waals surface area (Å²) in [5, 5.41) is 0. The Labute approximate surface area is 89.9 Å². The van der Waals surface area contributed by atoms with Crippen LogP contribution >= 0.6 is 0 Å². The van der Waals surface area contributed by atoms with Gasteiger partial charge in [0.15, 0.2) is 0 Å². The molecule has 0 N–H and O–H groups in total. The Balaban J connectivity index is 2.93. The minimum Gasteiger partial charge on any atom is -0.466 e. The van der Waals surface area contributed by atoms with Crippen molar-refractivity contribution in [1.29, 1.82) is 0 Å². The van der Waals surface area contributed by atoms with Gasteiger partial charge in [-0.05, 0) is 24.1 Å². The van der Waals surface area contributed by atoms with E-state index in [2.05, 4.69) is 4.74 Å². The quantitative estimate of drug-likeness (QED) is 0.556. The first-order valence-corrected chi connectivity index (χ1v) is 4.75. The molecule has 0 bridgehead atoms. The number of allylic oxidation sites excluding steroid dienone is 1. The van der Waals surface area contributed by atoms with E-state index < -0.39 is 0 Å². The molecule has 2 nitrogen and oxygen atoms in total. The fourth-order valence-corrected chi connectivity index (χ4v) is 1.22. The van der Waals surface area contributed by atoms with Crippen molar-refractivity contribution in [1.82, 2.24) is 0 Å². The molecule has 0 atom stereocenters. The zero-order valence-electron chi connectivity index (χ0n) is 8.94. The van der Waals surface area contributed by atoms with Crippen molar-refractivity contribution < 1.29 is 9.53 Å². The molecule has 0 radical (unpaired) electrons. The molecule has 0 aliphatic heterocycles. The molecule has 78 valence electrons. The summed E-state index contributed by atoms with van der Waals surface area (Å²) in [7, 11) is 1.37. The van der Waals surface area contributed by atoms with Crippen LogP contribution in [0.1, 0.15) is 18.1 Å². The lowest BCUT2D eigenvalue weighted by Crippen LogP contribution is -1.93. The van der Waals surface area contributed by atoms with Crippen LogP contribution in [0.2, 0.25) is 0 Å². The minimum absolute atomic E-state index is 0.342. The summed E-state index contributed by atoms with van der Waals surface area (Å²) in [4.78, 5) is 10.9. The molecule has 0 unspecified atom stereocenters. The lowest BCUT2D eigenvalue weighted by molar-refractivity contribution is -0.134. The van der Waals surface area contributed by atoms with E-state index in [1.807, 2.05) is 43.3 Å². The second kappa shape index (κ2) is 5.81. The number of carbonyl (C=O) groups excluding carboxylic acids is 1. The van der Waals surface area contributed by atoms with Gasteiger partial charge in [0.05, 0.1) is 7.11 Å². The number of carbonyl (C=O) groups is 1. The number of hydrogen-bond acceptors (Lipinski definition) is 2. The van der Waals surface area contributed by atoms with Crippen LogP contribution in [-0.2, 0) is 9.53 Å². The molecular formula is C13H14O2. The number of methoxy groups -OCH3 is 1. The normalized spacial score (nSPS) is 11.1. The lowest BCUT2D eigenvalue weighted by atomic mass is 10.1. The molecule has 15 heavy (non-hydrogen) atoms. The number of hydrogen-bond donors (Lipinski definition) is 0. The Bertz CT molecular complexity index is 389. The first-order chi connectivity index (χ1) is 7.27. The highest BCUT2D eigenvalue weighted by Gasteiger charge is 1.95. The molecule has 0 aliphatic rings. The number of esters is 1. The van der Waals surface area contributed by atoms with Crippen LogP contribution in [0.3, 0.4) is 0 Å². The van der Waals surface area contributed by atoms with Crippen LogP contribution in [-0.4, -0.2) is 13.1 Å². The average molecular weight is 202 g/mol. The van der Waals surface area contributed by atoms with Gasteiger partial charge in [-0.2, -0.15) is 0 Å². The molecule has 1 rings (SSSR count). The van der Waals surface area contributed by atoms with Gasteiger partial charge in [0.25, 0.3) is 0 Å². The van der Waals surface area contributed by atoms with Crippen LogP contribution in [0.5, 0.6) is 0 Å². The summed E-state index contributed by atoms with van der Waals surface area (Å²) < 4.78 is 4.53. The third-order valence-electron chi connectivity index (χ3n) is 1.94. The van der Waals surface area contributed by atoms with Crippen molar-refractivity contribution >= 4 is 18.1 Å².